The standard InChI is InChI=1S/C12H13F2N3O/c1-6-3-7(9-5-10(15)17(2)16-9)11(18)8(4-6)12(13)14/h3-5,12,18H,15H2,1-2H3. The SMILES string of the molecule is Cc1cc(-c2cc(N)n(C)n2)c(O)c(C(F)F)c1. The van der Waals surface area contributed by atoms with Crippen LogP contribution in [0.2, 0.25) is 0 Å². The van der Waals surface area contributed by atoms with Crippen LogP contribution in [-0.2, 0) is 7.05 Å². The van der Waals surface area contributed by atoms with Gasteiger partial charge in [0.25, 0.3) is 6.43 Å². The van der Waals surface area contributed by atoms with E-state index in [0.29, 0.717) is 17.1 Å². The van der Waals surface area contributed by atoms with Crippen molar-refractivity contribution in [1.82, 2.24) is 9.78 Å². The monoisotopic (exact) mass is 253 g/mol. The van der Waals surface area contributed by atoms with Gasteiger partial charge >= 0.3 is 0 Å². The van der Waals surface area contributed by atoms with Gasteiger partial charge in [-0.15, -0.1) is 0 Å². The van der Waals surface area contributed by atoms with Crippen LogP contribution in [0.15, 0.2) is 18.2 Å². The lowest BCUT2D eigenvalue weighted by Crippen LogP contribution is -1.96. The lowest BCUT2D eigenvalue weighted by Gasteiger charge is -2.09. The number of aryl methyl sites for hydroxylation is 2. The van der Waals surface area contributed by atoms with Gasteiger partial charge in [0.05, 0.1) is 11.3 Å². The van der Waals surface area contributed by atoms with Crippen molar-refractivity contribution >= 4 is 5.82 Å². The van der Waals surface area contributed by atoms with Gasteiger partial charge in [-0.3, -0.25) is 4.68 Å². The van der Waals surface area contributed by atoms with E-state index in [2.05, 4.69) is 5.10 Å². The van der Waals surface area contributed by atoms with E-state index in [4.69, 9.17) is 5.73 Å². The average Bonchev–Trinajstić information content (AvgIpc) is 2.61. The maximum absolute atomic E-state index is 12.8. The Morgan fingerprint density at radius 3 is 2.50 bits per heavy atom. The second-order valence-corrected chi connectivity index (χ2v) is 4.13. The molecule has 2 rings (SSSR count). The minimum atomic E-state index is -2.73. The molecule has 0 aliphatic carbocycles. The van der Waals surface area contributed by atoms with E-state index in [1.807, 2.05) is 0 Å². The van der Waals surface area contributed by atoms with Gasteiger partial charge in [0.15, 0.2) is 0 Å². The van der Waals surface area contributed by atoms with Crippen molar-refractivity contribution in [3.8, 4) is 17.0 Å². The van der Waals surface area contributed by atoms with Gasteiger partial charge in [-0.1, -0.05) is 0 Å². The highest BCUT2D eigenvalue weighted by atomic mass is 19.3. The molecule has 4 nitrogen and oxygen atoms in total. The van der Waals surface area contributed by atoms with Crippen LogP contribution in [0.3, 0.4) is 0 Å². The minimum absolute atomic E-state index is 0.262. The first-order valence-corrected chi connectivity index (χ1v) is 5.31. The summed E-state index contributed by atoms with van der Waals surface area (Å²) in [5, 5.41) is 13.9. The predicted octanol–water partition coefficient (Wildman–Crippen LogP) is 2.62. The maximum atomic E-state index is 12.8. The summed E-state index contributed by atoms with van der Waals surface area (Å²) in [6, 6.07) is 4.39. The smallest absolute Gasteiger partial charge is 0.267 e. The maximum Gasteiger partial charge on any atom is 0.267 e. The van der Waals surface area contributed by atoms with Crippen LogP contribution in [0.25, 0.3) is 11.3 Å². The number of hydrogen-bond acceptors (Lipinski definition) is 3. The van der Waals surface area contributed by atoms with Crippen LogP contribution in [0.4, 0.5) is 14.6 Å². The zero-order chi connectivity index (χ0) is 13.4. The number of phenolic OH excluding ortho intramolecular Hbond substituents is 1. The summed E-state index contributed by atoms with van der Waals surface area (Å²) in [4.78, 5) is 0. The number of halogens is 2. The van der Waals surface area contributed by atoms with Gasteiger partial charge in [-0.05, 0) is 24.6 Å². The first kappa shape index (κ1) is 12.3. The van der Waals surface area contributed by atoms with E-state index < -0.39 is 17.7 Å². The molecule has 1 aromatic heterocycles. The van der Waals surface area contributed by atoms with E-state index in [1.165, 1.54) is 16.8 Å². The molecule has 1 aromatic carbocycles. The van der Waals surface area contributed by atoms with E-state index in [0.717, 1.165) is 0 Å². The molecule has 2 aromatic rings. The third-order valence-electron chi connectivity index (χ3n) is 2.71. The summed E-state index contributed by atoms with van der Waals surface area (Å²) < 4.78 is 27.0. The fourth-order valence-electron chi connectivity index (χ4n) is 1.78. The Labute approximate surface area is 103 Å². The Kier molecular flexibility index (Phi) is 2.94. The predicted molar refractivity (Wildman–Crippen MR) is 64.4 cm³/mol. The summed E-state index contributed by atoms with van der Waals surface area (Å²) >= 11 is 0. The van der Waals surface area contributed by atoms with E-state index in [1.54, 1.807) is 20.0 Å². The molecule has 0 amide bonds. The van der Waals surface area contributed by atoms with E-state index in [9.17, 15) is 13.9 Å². The van der Waals surface area contributed by atoms with Crippen molar-refractivity contribution in [1.29, 1.82) is 0 Å². The highest BCUT2D eigenvalue weighted by Crippen LogP contribution is 2.37. The van der Waals surface area contributed by atoms with Gasteiger partial charge in [0.2, 0.25) is 0 Å². The molecule has 6 heteroatoms. The molecule has 0 aliphatic rings. The van der Waals surface area contributed by atoms with Crippen LogP contribution in [0.1, 0.15) is 17.6 Å². The summed E-state index contributed by atoms with van der Waals surface area (Å²) in [6.45, 7) is 1.68. The minimum Gasteiger partial charge on any atom is -0.507 e. The van der Waals surface area contributed by atoms with E-state index >= 15 is 0 Å². The van der Waals surface area contributed by atoms with Crippen molar-refractivity contribution < 1.29 is 13.9 Å². The number of anilines is 1. The Morgan fingerprint density at radius 2 is 2.00 bits per heavy atom. The summed E-state index contributed by atoms with van der Waals surface area (Å²) in [5.41, 5.74) is 6.50. The first-order valence-electron chi connectivity index (χ1n) is 5.31. The number of nitrogens with two attached hydrogens (primary N) is 1. The zero-order valence-corrected chi connectivity index (χ0v) is 9.98. The van der Waals surface area contributed by atoms with Crippen LogP contribution in [0.5, 0.6) is 5.75 Å². The second-order valence-electron chi connectivity index (χ2n) is 4.13. The molecule has 0 spiro atoms. The normalized spacial score (nSPS) is 11.2. The van der Waals surface area contributed by atoms with Crippen molar-refractivity contribution in [3.63, 3.8) is 0 Å². The number of alkyl halides is 2. The van der Waals surface area contributed by atoms with Crippen LogP contribution in [-0.4, -0.2) is 14.9 Å². The number of hydrogen-bond donors (Lipinski definition) is 2. The number of nitrogens with zero attached hydrogens (tertiary/aromatic N) is 2. The molecule has 0 radical (unpaired) electrons. The second kappa shape index (κ2) is 4.29. The Bertz CT molecular complexity index is 574. The molecule has 0 bridgehead atoms. The molecule has 0 saturated carbocycles. The van der Waals surface area contributed by atoms with Gasteiger partial charge in [-0.2, -0.15) is 5.10 Å². The number of aromatic hydroxyl groups is 1. The molecule has 3 N–H and O–H groups in total. The molecule has 0 saturated heterocycles. The van der Waals surface area contributed by atoms with Gasteiger partial charge in [-0.25, -0.2) is 8.78 Å². The highest BCUT2D eigenvalue weighted by molar-refractivity contribution is 5.71. The number of benzene rings is 1. The number of nitrogen functional groups attached to an aromatic ring is 1. The lowest BCUT2D eigenvalue weighted by molar-refractivity contribution is 0.147. The number of rotatable bonds is 2. The fraction of sp³-hybridized carbons (Fsp3) is 0.250. The molecule has 0 unspecified atom stereocenters. The molecule has 18 heavy (non-hydrogen) atoms. The quantitative estimate of drug-likeness (QED) is 0.864. The molecule has 0 fully saturated rings. The molecule has 0 atom stereocenters. The van der Waals surface area contributed by atoms with E-state index in [-0.39, 0.29) is 5.56 Å². The Morgan fingerprint density at radius 1 is 1.33 bits per heavy atom. The molecule has 1 heterocycles. The number of aromatic nitrogens is 2. The van der Waals surface area contributed by atoms with Crippen LogP contribution < -0.4 is 5.73 Å². The van der Waals surface area contributed by atoms with Gasteiger partial charge in [0, 0.05) is 18.7 Å². The topological polar surface area (TPSA) is 64.1 Å². The van der Waals surface area contributed by atoms with Crippen molar-refractivity contribution in [2.24, 2.45) is 7.05 Å². The fourth-order valence-corrected chi connectivity index (χ4v) is 1.78. The first-order chi connectivity index (χ1) is 8.40. The lowest BCUT2D eigenvalue weighted by atomic mass is 10.0. The summed E-state index contributed by atoms with van der Waals surface area (Å²) in [7, 11) is 1.64. The molecular formula is C12H13F2N3O. The summed E-state index contributed by atoms with van der Waals surface area (Å²) in [6.07, 6.45) is -2.73. The van der Waals surface area contributed by atoms with Crippen LogP contribution in [0, 0.1) is 6.92 Å². The van der Waals surface area contributed by atoms with Gasteiger partial charge < -0.3 is 10.8 Å². The third kappa shape index (κ3) is 2.01. The largest absolute Gasteiger partial charge is 0.507 e. The van der Waals surface area contributed by atoms with Gasteiger partial charge in [0.1, 0.15) is 11.6 Å². The third-order valence-corrected chi connectivity index (χ3v) is 2.71. The Hall–Kier alpha value is -2.11. The van der Waals surface area contributed by atoms with Crippen molar-refractivity contribution in [2.75, 3.05) is 5.73 Å². The van der Waals surface area contributed by atoms with Crippen molar-refractivity contribution in [3.05, 3.63) is 29.3 Å². The number of phenols is 1. The zero-order valence-electron chi connectivity index (χ0n) is 9.98. The highest BCUT2D eigenvalue weighted by Gasteiger charge is 2.19. The Balaban J connectivity index is 2.64. The average molecular weight is 253 g/mol. The molecular weight excluding hydrogens is 240 g/mol. The van der Waals surface area contributed by atoms with Crippen molar-refractivity contribution in [2.45, 2.75) is 13.3 Å². The summed E-state index contributed by atoms with van der Waals surface area (Å²) in [5.74, 6) is -0.0572. The molecule has 96 valence electrons. The molecule has 0 aliphatic heterocycles. The van der Waals surface area contributed by atoms with Crippen LogP contribution >= 0.6 is 0 Å².